The van der Waals surface area contributed by atoms with E-state index in [1.54, 1.807) is 24.3 Å². The molecule has 2 aliphatic rings. The number of nitrogens with one attached hydrogen (secondary N) is 2. The Morgan fingerprint density at radius 3 is 2.33 bits per heavy atom. The van der Waals surface area contributed by atoms with Gasteiger partial charge in [-0.25, -0.2) is 0 Å². The van der Waals surface area contributed by atoms with Gasteiger partial charge in [-0.1, -0.05) is 54.6 Å². The number of carbonyl (C=O) groups is 3. The number of likely N-dealkylation sites (tertiary alicyclic amines) is 1. The number of carboxylic acids is 1. The van der Waals surface area contributed by atoms with Crippen molar-refractivity contribution in [3.8, 4) is 0 Å². The summed E-state index contributed by atoms with van der Waals surface area (Å²) in [6.45, 7) is 1.56. The number of amides is 2. The standard InChI is InChI=1S/C22H22N4O4/c1-22(21(29)30)16-15(17(25-22)13-7-9-14(10-8-13)18(23)24)19(27)26(20(16)28)11-12-5-3-2-4-6-12/h2-10,15-17,25H,11H2,1H3,(H3,23,24)(H,29,30). The first-order chi connectivity index (χ1) is 14.2. The van der Waals surface area contributed by atoms with Gasteiger partial charge in [-0.2, -0.15) is 0 Å². The fraction of sp³-hybridized carbons (Fsp3) is 0.273. The van der Waals surface area contributed by atoms with Gasteiger partial charge in [-0.05, 0) is 18.1 Å². The number of benzene rings is 2. The van der Waals surface area contributed by atoms with Gasteiger partial charge in [-0.3, -0.25) is 30.0 Å². The molecule has 2 aromatic carbocycles. The molecule has 0 aliphatic carbocycles. The molecule has 0 saturated carbocycles. The molecule has 2 aliphatic heterocycles. The summed E-state index contributed by atoms with van der Waals surface area (Å²) in [6, 6.07) is 15.2. The molecule has 5 N–H and O–H groups in total. The highest BCUT2D eigenvalue weighted by atomic mass is 16.4. The van der Waals surface area contributed by atoms with E-state index in [0.29, 0.717) is 11.1 Å². The van der Waals surface area contributed by atoms with Crippen molar-refractivity contribution < 1.29 is 19.5 Å². The lowest BCUT2D eigenvalue weighted by atomic mass is 9.80. The van der Waals surface area contributed by atoms with Crippen LogP contribution in [0.1, 0.15) is 29.7 Å². The van der Waals surface area contributed by atoms with Gasteiger partial charge in [0.25, 0.3) is 0 Å². The number of carbonyl (C=O) groups excluding carboxylic acids is 2. The Morgan fingerprint density at radius 2 is 1.77 bits per heavy atom. The molecule has 0 radical (unpaired) electrons. The number of aliphatic carboxylic acids is 1. The number of fused-ring (bicyclic) bond motifs is 1. The Morgan fingerprint density at radius 1 is 1.13 bits per heavy atom. The minimum atomic E-state index is -1.58. The molecule has 8 nitrogen and oxygen atoms in total. The van der Waals surface area contributed by atoms with Crippen molar-refractivity contribution in [2.45, 2.75) is 25.0 Å². The van der Waals surface area contributed by atoms with Gasteiger partial charge in [-0.15, -0.1) is 0 Å². The Bertz CT molecular complexity index is 1040. The fourth-order valence-electron chi connectivity index (χ4n) is 4.47. The minimum absolute atomic E-state index is 0.0876. The fourth-order valence-corrected chi connectivity index (χ4v) is 4.47. The highest BCUT2D eigenvalue weighted by Gasteiger charge is 2.66. The van der Waals surface area contributed by atoms with Crippen LogP contribution in [0.4, 0.5) is 0 Å². The highest BCUT2D eigenvalue weighted by molar-refractivity contribution is 6.09. The average molecular weight is 406 g/mol. The van der Waals surface area contributed by atoms with Crippen LogP contribution in [0, 0.1) is 17.2 Å². The number of nitrogens with zero attached hydrogens (tertiary/aromatic N) is 1. The molecule has 30 heavy (non-hydrogen) atoms. The van der Waals surface area contributed by atoms with Crippen molar-refractivity contribution in [3.05, 3.63) is 71.3 Å². The Kier molecular flexibility index (Phi) is 4.66. The zero-order valence-electron chi connectivity index (χ0n) is 16.3. The van der Waals surface area contributed by atoms with E-state index in [1.165, 1.54) is 11.8 Å². The molecule has 2 heterocycles. The predicted octanol–water partition coefficient (Wildman–Crippen LogP) is 1.26. The molecule has 2 saturated heterocycles. The topological polar surface area (TPSA) is 137 Å². The third-order valence-corrected chi connectivity index (χ3v) is 6.09. The minimum Gasteiger partial charge on any atom is -0.480 e. The maximum atomic E-state index is 13.3. The number of hydrogen-bond donors (Lipinski definition) is 4. The molecule has 4 unspecified atom stereocenters. The summed E-state index contributed by atoms with van der Waals surface area (Å²) in [6.07, 6.45) is 0. The van der Waals surface area contributed by atoms with Crippen molar-refractivity contribution >= 4 is 23.6 Å². The number of nitrogen functional groups attached to an aromatic ring is 1. The first-order valence-electron chi connectivity index (χ1n) is 9.58. The third kappa shape index (κ3) is 2.96. The zero-order valence-corrected chi connectivity index (χ0v) is 16.3. The first-order valence-corrected chi connectivity index (χ1v) is 9.58. The second-order valence-corrected chi connectivity index (χ2v) is 7.92. The summed E-state index contributed by atoms with van der Waals surface area (Å²) in [5.74, 6) is -3.96. The summed E-state index contributed by atoms with van der Waals surface area (Å²) in [7, 11) is 0. The van der Waals surface area contributed by atoms with Gasteiger partial charge in [0.1, 0.15) is 11.4 Å². The van der Waals surface area contributed by atoms with Crippen LogP contribution >= 0.6 is 0 Å². The molecule has 154 valence electrons. The van der Waals surface area contributed by atoms with Crippen LogP contribution in [0.25, 0.3) is 0 Å². The van der Waals surface area contributed by atoms with E-state index in [-0.39, 0.29) is 18.3 Å². The summed E-state index contributed by atoms with van der Waals surface area (Å²) >= 11 is 0. The number of amidine groups is 1. The van der Waals surface area contributed by atoms with E-state index >= 15 is 0 Å². The summed E-state index contributed by atoms with van der Waals surface area (Å²) in [5.41, 5.74) is 5.91. The molecular formula is C22H22N4O4. The lowest BCUT2D eigenvalue weighted by Crippen LogP contribution is -2.53. The second kappa shape index (κ2) is 7.07. The maximum absolute atomic E-state index is 13.3. The summed E-state index contributed by atoms with van der Waals surface area (Å²) in [4.78, 5) is 39.8. The largest absolute Gasteiger partial charge is 0.480 e. The molecule has 8 heteroatoms. The van der Waals surface area contributed by atoms with Crippen molar-refractivity contribution in [1.29, 1.82) is 5.41 Å². The van der Waals surface area contributed by atoms with Crippen LogP contribution in [0.2, 0.25) is 0 Å². The monoisotopic (exact) mass is 406 g/mol. The molecule has 0 spiro atoms. The smallest absolute Gasteiger partial charge is 0.324 e. The van der Waals surface area contributed by atoms with E-state index in [2.05, 4.69) is 5.32 Å². The summed E-state index contributed by atoms with van der Waals surface area (Å²) in [5, 5.41) is 20.4. The van der Waals surface area contributed by atoms with Crippen LogP contribution < -0.4 is 11.1 Å². The Labute approximate surface area is 173 Å². The quantitative estimate of drug-likeness (QED) is 0.335. The number of hydrogen-bond acceptors (Lipinski definition) is 5. The predicted molar refractivity (Wildman–Crippen MR) is 108 cm³/mol. The lowest BCUT2D eigenvalue weighted by Gasteiger charge is -2.27. The van der Waals surface area contributed by atoms with Crippen LogP contribution in [-0.2, 0) is 20.9 Å². The first kappa shape index (κ1) is 19.8. The molecule has 2 fully saturated rings. The van der Waals surface area contributed by atoms with Gasteiger partial charge >= 0.3 is 5.97 Å². The molecule has 2 amide bonds. The zero-order chi connectivity index (χ0) is 21.6. The number of nitrogens with two attached hydrogens (primary N) is 1. The number of imide groups is 1. The van der Waals surface area contributed by atoms with Crippen LogP contribution in [0.15, 0.2) is 54.6 Å². The van der Waals surface area contributed by atoms with E-state index < -0.39 is 35.3 Å². The average Bonchev–Trinajstić information content (AvgIpc) is 3.18. The molecule has 4 atom stereocenters. The van der Waals surface area contributed by atoms with E-state index in [9.17, 15) is 19.5 Å². The van der Waals surface area contributed by atoms with Gasteiger partial charge in [0.2, 0.25) is 11.8 Å². The van der Waals surface area contributed by atoms with Crippen molar-refractivity contribution in [2.24, 2.45) is 17.6 Å². The number of carboxylic acid groups (broad SMARTS) is 1. The van der Waals surface area contributed by atoms with Gasteiger partial charge in [0.05, 0.1) is 18.4 Å². The molecule has 0 bridgehead atoms. The van der Waals surface area contributed by atoms with E-state index in [4.69, 9.17) is 11.1 Å². The Balaban J connectivity index is 1.72. The van der Waals surface area contributed by atoms with Gasteiger partial charge < -0.3 is 10.8 Å². The normalized spacial score (nSPS) is 27.9. The van der Waals surface area contributed by atoms with Gasteiger partial charge in [0, 0.05) is 11.6 Å². The second-order valence-electron chi connectivity index (χ2n) is 7.92. The summed E-state index contributed by atoms with van der Waals surface area (Å²) < 4.78 is 0. The maximum Gasteiger partial charge on any atom is 0.324 e. The van der Waals surface area contributed by atoms with Crippen LogP contribution in [0.5, 0.6) is 0 Å². The molecular weight excluding hydrogens is 384 g/mol. The van der Waals surface area contributed by atoms with E-state index in [0.717, 1.165) is 5.56 Å². The Hall–Kier alpha value is -3.52. The van der Waals surface area contributed by atoms with Crippen molar-refractivity contribution in [1.82, 2.24) is 10.2 Å². The van der Waals surface area contributed by atoms with Crippen LogP contribution in [0.3, 0.4) is 0 Å². The SMILES string of the molecule is CC1(C(=O)O)NC(c2ccc(C(=N)N)cc2)C2C(=O)N(Cc3ccccc3)C(=O)C21. The van der Waals surface area contributed by atoms with Crippen LogP contribution in [-0.4, -0.2) is 39.2 Å². The number of rotatable bonds is 5. The molecule has 4 rings (SSSR count). The molecule has 2 aromatic rings. The molecule has 0 aromatic heterocycles. The highest BCUT2D eigenvalue weighted by Crippen LogP contribution is 2.49. The lowest BCUT2D eigenvalue weighted by molar-refractivity contribution is -0.150. The van der Waals surface area contributed by atoms with Gasteiger partial charge in [0.15, 0.2) is 0 Å². The van der Waals surface area contributed by atoms with E-state index in [1.807, 2.05) is 30.3 Å². The third-order valence-electron chi connectivity index (χ3n) is 6.09. The van der Waals surface area contributed by atoms with Crippen molar-refractivity contribution in [3.63, 3.8) is 0 Å². The van der Waals surface area contributed by atoms with Crippen molar-refractivity contribution in [2.75, 3.05) is 0 Å².